The highest BCUT2D eigenvalue weighted by molar-refractivity contribution is 7.91. The van der Waals surface area contributed by atoms with E-state index in [-0.39, 0.29) is 29.6 Å². The number of ether oxygens (including phenoxy) is 1. The van der Waals surface area contributed by atoms with E-state index in [9.17, 15) is 13.2 Å². The lowest BCUT2D eigenvalue weighted by Crippen LogP contribution is -2.25. The highest BCUT2D eigenvalue weighted by atomic mass is 32.2. The Labute approximate surface area is 89.3 Å². The Balaban J connectivity index is 1.87. The van der Waals surface area contributed by atoms with Crippen molar-refractivity contribution in [3.63, 3.8) is 0 Å². The van der Waals surface area contributed by atoms with Crippen molar-refractivity contribution < 1.29 is 17.9 Å². The summed E-state index contributed by atoms with van der Waals surface area (Å²) in [6, 6.07) is -0.160. The molecule has 15 heavy (non-hydrogen) atoms. The number of esters is 1. The number of carbonyl (C=O) groups is 1. The normalized spacial score (nSPS) is 37.5. The van der Waals surface area contributed by atoms with E-state index in [1.54, 1.807) is 6.92 Å². The molecular weight excluding hydrogens is 218 g/mol. The fraction of sp³-hybridized carbons (Fsp3) is 0.889. The molecule has 0 aromatic rings. The zero-order chi connectivity index (χ0) is 11.1. The Hall–Kier alpha value is -0.620. The molecule has 5 nitrogen and oxygen atoms in total. The Kier molecular flexibility index (Phi) is 2.72. The van der Waals surface area contributed by atoms with E-state index < -0.39 is 9.84 Å². The van der Waals surface area contributed by atoms with Gasteiger partial charge < -0.3 is 4.74 Å². The summed E-state index contributed by atoms with van der Waals surface area (Å²) in [5.41, 5.74) is 0. The SMILES string of the molecule is CCOC(=O)C1CN1C1CCS(=O)(=O)C1. The topological polar surface area (TPSA) is 63.5 Å². The maximum atomic E-state index is 11.3. The third-order valence-corrected chi connectivity index (χ3v) is 4.64. The zero-order valence-electron chi connectivity index (χ0n) is 8.68. The number of rotatable bonds is 3. The number of nitrogens with zero attached hydrogens (tertiary/aromatic N) is 1. The Bertz CT molecular complexity index is 364. The van der Waals surface area contributed by atoms with Crippen LogP contribution in [-0.4, -0.2) is 56.0 Å². The van der Waals surface area contributed by atoms with Crippen LogP contribution in [0, 0.1) is 0 Å². The van der Waals surface area contributed by atoms with Crippen LogP contribution in [0.15, 0.2) is 0 Å². The minimum Gasteiger partial charge on any atom is -0.465 e. The molecule has 2 aliphatic heterocycles. The van der Waals surface area contributed by atoms with Crippen LogP contribution in [-0.2, 0) is 19.4 Å². The van der Waals surface area contributed by atoms with Gasteiger partial charge in [0.25, 0.3) is 0 Å². The molecule has 0 spiro atoms. The lowest BCUT2D eigenvalue weighted by Gasteiger charge is -2.09. The summed E-state index contributed by atoms with van der Waals surface area (Å²) in [6.45, 7) is 2.80. The highest BCUT2D eigenvalue weighted by Gasteiger charge is 2.48. The van der Waals surface area contributed by atoms with Crippen molar-refractivity contribution in [2.45, 2.75) is 25.4 Å². The summed E-state index contributed by atoms with van der Waals surface area (Å²) in [5, 5.41) is 0. The molecule has 0 saturated carbocycles. The van der Waals surface area contributed by atoms with Crippen LogP contribution in [0.2, 0.25) is 0 Å². The lowest BCUT2D eigenvalue weighted by molar-refractivity contribution is -0.143. The molecule has 2 rings (SSSR count). The van der Waals surface area contributed by atoms with Gasteiger partial charge in [0, 0.05) is 12.6 Å². The van der Waals surface area contributed by atoms with Crippen LogP contribution < -0.4 is 0 Å². The van der Waals surface area contributed by atoms with E-state index in [0.29, 0.717) is 19.6 Å². The van der Waals surface area contributed by atoms with E-state index >= 15 is 0 Å². The first-order valence-corrected chi connectivity index (χ1v) is 6.98. The van der Waals surface area contributed by atoms with Crippen LogP contribution in [0.4, 0.5) is 0 Å². The second-order valence-electron chi connectivity index (χ2n) is 4.02. The number of sulfone groups is 1. The van der Waals surface area contributed by atoms with Crippen LogP contribution in [0.5, 0.6) is 0 Å². The van der Waals surface area contributed by atoms with Gasteiger partial charge in [0.15, 0.2) is 9.84 Å². The fourth-order valence-electron chi connectivity index (χ4n) is 2.04. The van der Waals surface area contributed by atoms with Gasteiger partial charge >= 0.3 is 5.97 Å². The van der Waals surface area contributed by atoms with Gasteiger partial charge in [-0.3, -0.25) is 9.69 Å². The van der Waals surface area contributed by atoms with Crippen molar-refractivity contribution in [2.75, 3.05) is 24.7 Å². The average Bonchev–Trinajstić information content (AvgIpc) is 2.86. The Morgan fingerprint density at radius 1 is 1.53 bits per heavy atom. The van der Waals surface area contributed by atoms with Crippen molar-refractivity contribution in [3.05, 3.63) is 0 Å². The first-order valence-electron chi connectivity index (χ1n) is 5.16. The van der Waals surface area contributed by atoms with Gasteiger partial charge in [-0.2, -0.15) is 0 Å². The van der Waals surface area contributed by atoms with Gasteiger partial charge in [-0.15, -0.1) is 0 Å². The number of hydrogen-bond acceptors (Lipinski definition) is 5. The van der Waals surface area contributed by atoms with E-state index in [2.05, 4.69) is 0 Å². The molecular formula is C9H15NO4S. The van der Waals surface area contributed by atoms with Crippen molar-refractivity contribution in [2.24, 2.45) is 0 Å². The molecule has 0 aromatic heterocycles. The third-order valence-electron chi connectivity index (χ3n) is 2.89. The van der Waals surface area contributed by atoms with Gasteiger partial charge in [0.1, 0.15) is 6.04 Å². The molecule has 0 bridgehead atoms. The van der Waals surface area contributed by atoms with Gasteiger partial charge in [0.05, 0.1) is 18.1 Å². The van der Waals surface area contributed by atoms with E-state index in [4.69, 9.17) is 4.74 Å². The Morgan fingerprint density at radius 3 is 2.80 bits per heavy atom. The molecule has 2 saturated heterocycles. The van der Waals surface area contributed by atoms with Gasteiger partial charge in [-0.1, -0.05) is 0 Å². The summed E-state index contributed by atoms with van der Waals surface area (Å²) in [6.07, 6.45) is 0.651. The molecule has 6 heteroatoms. The van der Waals surface area contributed by atoms with Gasteiger partial charge in [-0.25, -0.2) is 8.42 Å². The molecule has 3 unspecified atom stereocenters. The van der Waals surface area contributed by atoms with Crippen LogP contribution >= 0.6 is 0 Å². The minimum absolute atomic E-state index is 0.0319. The van der Waals surface area contributed by atoms with Crippen LogP contribution in [0.1, 0.15) is 13.3 Å². The second-order valence-corrected chi connectivity index (χ2v) is 6.25. The molecule has 2 heterocycles. The summed E-state index contributed by atoms with van der Waals surface area (Å²) in [7, 11) is -2.86. The molecule has 0 aromatic carbocycles. The van der Waals surface area contributed by atoms with Crippen LogP contribution in [0.3, 0.4) is 0 Å². The molecule has 2 aliphatic rings. The van der Waals surface area contributed by atoms with Crippen molar-refractivity contribution in [1.82, 2.24) is 4.90 Å². The molecule has 3 atom stereocenters. The average molecular weight is 233 g/mol. The van der Waals surface area contributed by atoms with Crippen molar-refractivity contribution in [3.8, 4) is 0 Å². The largest absolute Gasteiger partial charge is 0.465 e. The van der Waals surface area contributed by atoms with Crippen LogP contribution in [0.25, 0.3) is 0 Å². The van der Waals surface area contributed by atoms with Gasteiger partial charge in [-0.05, 0) is 13.3 Å². The predicted molar refractivity (Wildman–Crippen MR) is 54.2 cm³/mol. The lowest BCUT2D eigenvalue weighted by atomic mass is 10.3. The third kappa shape index (κ3) is 2.31. The smallest absolute Gasteiger partial charge is 0.324 e. The van der Waals surface area contributed by atoms with Crippen molar-refractivity contribution in [1.29, 1.82) is 0 Å². The predicted octanol–water partition coefficient (Wildman–Crippen LogP) is -0.579. The maximum Gasteiger partial charge on any atom is 0.324 e. The summed E-state index contributed by atoms with van der Waals surface area (Å²) in [5.74, 6) is 0.230. The summed E-state index contributed by atoms with van der Waals surface area (Å²) < 4.78 is 27.3. The fourth-order valence-corrected chi connectivity index (χ4v) is 3.78. The molecule has 0 N–H and O–H groups in total. The Morgan fingerprint density at radius 2 is 2.27 bits per heavy atom. The molecule has 86 valence electrons. The van der Waals surface area contributed by atoms with E-state index in [1.807, 2.05) is 4.90 Å². The molecule has 2 fully saturated rings. The van der Waals surface area contributed by atoms with E-state index in [0.717, 1.165) is 0 Å². The standard InChI is InChI=1S/C9H15NO4S/c1-2-14-9(11)8-5-10(8)7-3-4-15(12,13)6-7/h7-8H,2-6H2,1H3. The van der Waals surface area contributed by atoms with Crippen molar-refractivity contribution >= 4 is 15.8 Å². The highest BCUT2D eigenvalue weighted by Crippen LogP contribution is 2.29. The number of hydrogen-bond donors (Lipinski definition) is 0. The maximum absolute atomic E-state index is 11.3. The molecule has 0 amide bonds. The zero-order valence-corrected chi connectivity index (χ0v) is 9.50. The van der Waals surface area contributed by atoms with Gasteiger partial charge in [0.2, 0.25) is 0 Å². The first-order chi connectivity index (χ1) is 7.03. The first kappa shape index (κ1) is 10.9. The molecule has 0 aliphatic carbocycles. The monoisotopic (exact) mass is 233 g/mol. The summed E-state index contributed by atoms with van der Waals surface area (Å²) >= 11 is 0. The number of carbonyl (C=O) groups excluding carboxylic acids is 1. The molecule has 0 radical (unpaired) electrons. The quantitative estimate of drug-likeness (QED) is 0.482. The second kappa shape index (κ2) is 3.75. The minimum atomic E-state index is -2.86. The van der Waals surface area contributed by atoms with E-state index in [1.165, 1.54) is 0 Å². The summed E-state index contributed by atoms with van der Waals surface area (Å²) in [4.78, 5) is 13.2.